The summed E-state index contributed by atoms with van der Waals surface area (Å²) in [6.07, 6.45) is 3.50. The predicted molar refractivity (Wildman–Crippen MR) is 97.5 cm³/mol. The lowest BCUT2D eigenvalue weighted by Gasteiger charge is -2.33. The fraction of sp³-hybridized carbons (Fsp3) is 0.579. The van der Waals surface area contributed by atoms with E-state index in [1.54, 1.807) is 11.9 Å². The second kappa shape index (κ2) is 7.25. The molecule has 2 saturated heterocycles. The molecule has 3 heterocycles. The summed E-state index contributed by atoms with van der Waals surface area (Å²) in [4.78, 5) is 27.8. The van der Waals surface area contributed by atoms with Crippen molar-refractivity contribution in [3.63, 3.8) is 0 Å². The molecule has 1 aromatic carbocycles. The Hall–Kier alpha value is -2.12. The monoisotopic (exact) mass is 359 g/mol. The molecule has 0 bridgehead atoms. The van der Waals surface area contributed by atoms with Crippen molar-refractivity contribution < 1.29 is 19.1 Å². The SMILES string of the molecule is CN1C(=O)Cc2cc(NC(=O)N3CCC(OC4CCOC4)CC3)ccc21. The van der Waals surface area contributed by atoms with Crippen LogP contribution < -0.4 is 10.2 Å². The van der Waals surface area contributed by atoms with Crippen molar-refractivity contribution in [2.24, 2.45) is 0 Å². The molecule has 0 saturated carbocycles. The largest absolute Gasteiger partial charge is 0.379 e. The van der Waals surface area contributed by atoms with E-state index in [-0.39, 0.29) is 24.1 Å². The van der Waals surface area contributed by atoms with Gasteiger partial charge in [0.2, 0.25) is 5.91 Å². The van der Waals surface area contributed by atoms with Crippen molar-refractivity contribution in [2.45, 2.75) is 37.9 Å². The molecule has 3 aliphatic heterocycles. The minimum Gasteiger partial charge on any atom is -0.379 e. The molecule has 1 N–H and O–H groups in total. The average molecular weight is 359 g/mol. The first-order valence-electron chi connectivity index (χ1n) is 9.29. The zero-order chi connectivity index (χ0) is 18.1. The van der Waals surface area contributed by atoms with Gasteiger partial charge in [0.15, 0.2) is 0 Å². The van der Waals surface area contributed by atoms with Crippen LogP contribution in [0, 0.1) is 0 Å². The smallest absolute Gasteiger partial charge is 0.321 e. The minimum absolute atomic E-state index is 0.0817. The van der Waals surface area contributed by atoms with Gasteiger partial charge in [-0.1, -0.05) is 0 Å². The molecule has 140 valence electrons. The average Bonchev–Trinajstić information content (AvgIpc) is 3.24. The zero-order valence-electron chi connectivity index (χ0n) is 15.1. The lowest BCUT2D eigenvalue weighted by Crippen LogP contribution is -2.43. The summed E-state index contributed by atoms with van der Waals surface area (Å²) < 4.78 is 11.4. The third-order valence-electron chi connectivity index (χ3n) is 5.41. The maximum Gasteiger partial charge on any atom is 0.321 e. The number of carbonyl (C=O) groups excluding carboxylic acids is 2. The molecule has 3 amide bonds. The van der Waals surface area contributed by atoms with Crippen molar-refractivity contribution >= 4 is 23.3 Å². The fourth-order valence-corrected chi connectivity index (χ4v) is 3.84. The van der Waals surface area contributed by atoms with Gasteiger partial charge >= 0.3 is 6.03 Å². The van der Waals surface area contributed by atoms with Gasteiger partial charge in [-0.3, -0.25) is 4.79 Å². The van der Waals surface area contributed by atoms with Crippen molar-refractivity contribution in [3.8, 4) is 0 Å². The second-order valence-electron chi connectivity index (χ2n) is 7.21. The first-order chi connectivity index (χ1) is 12.6. The number of likely N-dealkylation sites (N-methyl/N-ethyl adjacent to an activating group) is 1. The van der Waals surface area contributed by atoms with Crippen molar-refractivity contribution in [3.05, 3.63) is 23.8 Å². The predicted octanol–water partition coefficient (Wildman–Crippen LogP) is 2.01. The highest BCUT2D eigenvalue weighted by molar-refractivity contribution is 6.01. The summed E-state index contributed by atoms with van der Waals surface area (Å²) in [5.74, 6) is 0.0817. The number of anilines is 2. The number of benzene rings is 1. The van der Waals surface area contributed by atoms with Crippen LogP contribution in [-0.4, -0.2) is 62.4 Å². The summed E-state index contributed by atoms with van der Waals surface area (Å²) in [5.41, 5.74) is 2.61. The van der Waals surface area contributed by atoms with Gasteiger partial charge in [0.25, 0.3) is 0 Å². The molecule has 1 unspecified atom stereocenters. The number of fused-ring (bicyclic) bond motifs is 1. The number of piperidine rings is 1. The Morgan fingerprint density at radius 2 is 2.04 bits per heavy atom. The van der Waals surface area contributed by atoms with Gasteiger partial charge in [0.05, 0.1) is 25.2 Å². The number of likely N-dealkylation sites (tertiary alicyclic amines) is 1. The van der Waals surface area contributed by atoms with Crippen molar-refractivity contribution in [2.75, 3.05) is 43.6 Å². The Kier molecular flexibility index (Phi) is 4.82. The molecule has 1 aromatic rings. The molecule has 0 radical (unpaired) electrons. The summed E-state index contributed by atoms with van der Waals surface area (Å²) in [7, 11) is 1.77. The van der Waals surface area contributed by atoms with E-state index in [1.807, 2.05) is 23.1 Å². The maximum absolute atomic E-state index is 12.5. The van der Waals surface area contributed by atoms with Gasteiger partial charge < -0.3 is 24.6 Å². The number of ether oxygens (including phenoxy) is 2. The fourth-order valence-electron chi connectivity index (χ4n) is 3.84. The number of rotatable bonds is 3. The van der Waals surface area contributed by atoms with Crippen LogP contribution >= 0.6 is 0 Å². The van der Waals surface area contributed by atoms with Crippen LogP contribution in [0.5, 0.6) is 0 Å². The van der Waals surface area contributed by atoms with E-state index in [9.17, 15) is 9.59 Å². The van der Waals surface area contributed by atoms with E-state index >= 15 is 0 Å². The summed E-state index contributed by atoms with van der Waals surface area (Å²) in [6.45, 7) is 2.86. The number of nitrogens with zero attached hydrogens (tertiary/aromatic N) is 2. The Morgan fingerprint density at radius 1 is 1.23 bits per heavy atom. The van der Waals surface area contributed by atoms with Crippen LogP contribution in [0.25, 0.3) is 0 Å². The first kappa shape index (κ1) is 17.3. The van der Waals surface area contributed by atoms with Crippen LogP contribution in [-0.2, 0) is 20.7 Å². The molecule has 26 heavy (non-hydrogen) atoms. The number of amides is 3. The van der Waals surface area contributed by atoms with Crippen molar-refractivity contribution in [1.29, 1.82) is 0 Å². The van der Waals surface area contributed by atoms with Crippen LogP contribution in [0.15, 0.2) is 18.2 Å². The molecule has 0 spiro atoms. The van der Waals surface area contributed by atoms with Gasteiger partial charge in [-0.25, -0.2) is 4.79 Å². The number of nitrogens with one attached hydrogen (secondary N) is 1. The lowest BCUT2D eigenvalue weighted by molar-refractivity contribution is -0.117. The highest BCUT2D eigenvalue weighted by Gasteiger charge is 2.28. The van der Waals surface area contributed by atoms with E-state index in [4.69, 9.17) is 9.47 Å². The van der Waals surface area contributed by atoms with Gasteiger partial charge in [-0.15, -0.1) is 0 Å². The number of urea groups is 1. The minimum atomic E-state index is -0.0923. The number of carbonyl (C=O) groups is 2. The highest BCUT2D eigenvalue weighted by Crippen LogP contribution is 2.30. The second-order valence-corrected chi connectivity index (χ2v) is 7.21. The standard InChI is InChI=1S/C19H25N3O4/c1-21-17-3-2-14(10-13(17)11-18(21)23)20-19(24)22-7-4-15(5-8-22)26-16-6-9-25-12-16/h2-3,10,15-16H,4-9,11-12H2,1H3,(H,20,24). The Bertz CT molecular complexity index is 694. The Labute approximate surface area is 153 Å². The number of hydrogen-bond acceptors (Lipinski definition) is 4. The highest BCUT2D eigenvalue weighted by atomic mass is 16.5. The molecule has 7 heteroatoms. The van der Waals surface area contributed by atoms with Gasteiger partial charge in [0.1, 0.15) is 0 Å². The summed E-state index contributed by atoms with van der Waals surface area (Å²) in [6, 6.07) is 5.54. The third-order valence-corrected chi connectivity index (χ3v) is 5.41. The molecule has 4 rings (SSSR count). The number of hydrogen-bond donors (Lipinski definition) is 1. The Balaban J connectivity index is 1.29. The lowest BCUT2D eigenvalue weighted by atomic mass is 10.1. The van der Waals surface area contributed by atoms with Crippen LogP contribution in [0.1, 0.15) is 24.8 Å². The van der Waals surface area contributed by atoms with Gasteiger partial charge in [-0.05, 0) is 43.0 Å². The van der Waals surface area contributed by atoms with Gasteiger partial charge in [-0.2, -0.15) is 0 Å². The molecule has 0 aromatic heterocycles. The van der Waals surface area contributed by atoms with Crippen LogP contribution in [0.2, 0.25) is 0 Å². The maximum atomic E-state index is 12.5. The van der Waals surface area contributed by atoms with Crippen LogP contribution in [0.4, 0.5) is 16.2 Å². The van der Waals surface area contributed by atoms with Crippen LogP contribution in [0.3, 0.4) is 0 Å². The molecule has 2 fully saturated rings. The van der Waals surface area contributed by atoms with E-state index in [0.717, 1.165) is 42.8 Å². The van der Waals surface area contributed by atoms with Gasteiger partial charge in [0, 0.05) is 38.1 Å². The third kappa shape index (κ3) is 3.54. The molecular formula is C19H25N3O4. The first-order valence-corrected chi connectivity index (χ1v) is 9.29. The molecule has 1 atom stereocenters. The zero-order valence-corrected chi connectivity index (χ0v) is 15.1. The van der Waals surface area contributed by atoms with E-state index in [1.165, 1.54) is 0 Å². The van der Waals surface area contributed by atoms with E-state index in [2.05, 4.69) is 5.32 Å². The molecule has 0 aliphatic carbocycles. The quantitative estimate of drug-likeness (QED) is 0.896. The van der Waals surface area contributed by atoms with E-state index < -0.39 is 0 Å². The summed E-state index contributed by atoms with van der Waals surface area (Å²) in [5, 5.41) is 2.96. The van der Waals surface area contributed by atoms with E-state index in [0.29, 0.717) is 26.1 Å². The van der Waals surface area contributed by atoms with Crippen molar-refractivity contribution in [1.82, 2.24) is 4.90 Å². The topological polar surface area (TPSA) is 71.1 Å². The Morgan fingerprint density at radius 3 is 2.77 bits per heavy atom. The normalized spacial score (nSPS) is 23.4. The molecule has 7 nitrogen and oxygen atoms in total. The summed E-state index contributed by atoms with van der Waals surface area (Å²) >= 11 is 0. The molecule has 3 aliphatic rings. The molecular weight excluding hydrogens is 334 g/mol.